The number of hydrogen-bond donors (Lipinski definition) is 3. The van der Waals surface area contributed by atoms with Crippen molar-refractivity contribution < 1.29 is 9.59 Å². The summed E-state index contributed by atoms with van der Waals surface area (Å²) in [6.07, 6.45) is 1.34. The Morgan fingerprint density at radius 3 is 2.29 bits per heavy atom. The molecule has 100 valence electrons. The average Bonchev–Trinajstić information content (AvgIpc) is 2.25. The van der Waals surface area contributed by atoms with E-state index >= 15 is 0 Å². The van der Waals surface area contributed by atoms with E-state index in [9.17, 15) is 9.59 Å². The largest absolute Gasteiger partial charge is 0.356 e. The molecule has 0 radical (unpaired) electrons. The zero-order valence-electron chi connectivity index (χ0n) is 11.3. The van der Waals surface area contributed by atoms with E-state index in [1.807, 2.05) is 20.8 Å². The van der Waals surface area contributed by atoms with Crippen molar-refractivity contribution in [2.75, 3.05) is 13.1 Å². The van der Waals surface area contributed by atoms with E-state index in [0.29, 0.717) is 19.5 Å². The second-order valence-electron chi connectivity index (χ2n) is 4.44. The molecule has 5 nitrogen and oxygen atoms in total. The van der Waals surface area contributed by atoms with Gasteiger partial charge in [-0.3, -0.25) is 9.59 Å². The molecular formula is C12H25N3O2. The molecule has 0 aliphatic carbocycles. The van der Waals surface area contributed by atoms with Crippen LogP contribution in [0.1, 0.15) is 40.5 Å². The molecule has 1 unspecified atom stereocenters. The number of rotatable bonds is 8. The average molecular weight is 243 g/mol. The molecule has 0 saturated heterocycles. The Morgan fingerprint density at radius 1 is 1.12 bits per heavy atom. The second-order valence-corrected chi connectivity index (χ2v) is 4.44. The molecule has 0 saturated carbocycles. The van der Waals surface area contributed by atoms with Crippen LogP contribution in [0, 0.1) is 0 Å². The Labute approximate surface area is 104 Å². The van der Waals surface area contributed by atoms with Crippen LogP contribution in [-0.4, -0.2) is 37.0 Å². The highest BCUT2D eigenvalue weighted by Gasteiger charge is 2.12. The van der Waals surface area contributed by atoms with Crippen molar-refractivity contribution in [2.24, 2.45) is 0 Å². The molecule has 3 N–H and O–H groups in total. The number of hydrogen-bond acceptors (Lipinski definition) is 3. The van der Waals surface area contributed by atoms with Crippen molar-refractivity contribution in [2.45, 2.75) is 52.6 Å². The molecule has 17 heavy (non-hydrogen) atoms. The molecular weight excluding hydrogens is 218 g/mol. The lowest BCUT2D eigenvalue weighted by Crippen LogP contribution is -2.45. The lowest BCUT2D eigenvalue weighted by Gasteiger charge is -2.15. The highest BCUT2D eigenvalue weighted by atomic mass is 16.2. The van der Waals surface area contributed by atoms with Gasteiger partial charge in [0.15, 0.2) is 0 Å². The topological polar surface area (TPSA) is 70.2 Å². The predicted molar refractivity (Wildman–Crippen MR) is 68.7 cm³/mol. The summed E-state index contributed by atoms with van der Waals surface area (Å²) in [5, 5.41) is 8.62. The third kappa shape index (κ3) is 8.68. The molecule has 0 heterocycles. The van der Waals surface area contributed by atoms with Crippen molar-refractivity contribution in [3.63, 3.8) is 0 Å². The lowest BCUT2D eigenvalue weighted by molar-refractivity contribution is -0.124. The zero-order valence-corrected chi connectivity index (χ0v) is 11.3. The first-order valence-corrected chi connectivity index (χ1v) is 6.27. The van der Waals surface area contributed by atoms with E-state index in [4.69, 9.17) is 0 Å². The second kappa shape index (κ2) is 8.98. The van der Waals surface area contributed by atoms with Gasteiger partial charge in [-0.1, -0.05) is 6.92 Å². The molecule has 0 rings (SSSR count). The SMILES string of the molecule is CCCNC(=O)CCNC(C)C(=O)NC(C)C. The first kappa shape index (κ1) is 15.9. The number of carbonyl (C=O) groups excluding carboxylic acids is 2. The van der Waals surface area contributed by atoms with E-state index in [0.717, 1.165) is 6.42 Å². The van der Waals surface area contributed by atoms with E-state index in [1.54, 1.807) is 6.92 Å². The summed E-state index contributed by atoms with van der Waals surface area (Å²) in [4.78, 5) is 22.8. The van der Waals surface area contributed by atoms with Gasteiger partial charge < -0.3 is 16.0 Å². The van der Waals surface area contributed by atoms with E-state index in [1.165, 1.54) is 0 Å². The molecule has 0 aromatic carbocycles. The number of nitrogens with one attached hydrogen (secondary N) is 3. The van der Waals surface area contributed by atoms with Gasteiger partial charge in [0.2, 0.25) is 11.8 Å². The number of carbonyl (C=O) groups is 2. The molecule has 0 aliphatic rings. The van der Waals surface area contributed by atoms with Crippen LogP contribution in [0.25, 0.3) is 0 Å². The Hall–Kier alpha value is -1.10. The molecule has 0 bridgehead atoms. The monoisotopic (exact) mass is 243 g/mol. The molecule has 0 aromatic rings. The zero-order chi connectivity index (χ0) is 13.3. The highest BCUT2D eigenvalue weighted by molar-refractivity contribution is 5.81. The summed E-state index contributed by atoms with van der Waals surface area (Å²) in [5.74, 6) is -0.00946. The van der Waals surface area contributed by atoms with Crippen molar-refractivity contribution in [3.05, 3.63) is 0 Å². The molecule has 0 aliphatic heterocycles. The van der Waals surface area contributed by atoms with Gasteiger partial charge in [0.1, 0.15) is 0 Å². The van der Waals surface area contributed by atoms with Gasteiger partial charge in [-0.25, -0.2) is 0 Å². The minimum absolute atomic E-state index is 0.0239. The van der Waals surface area contributed by atoms with E-state index in [2.05, 4.69) is 16.0 Å². The van der Waals surface area contributed by atoms with Crippen molar-refractivity contribution >= 4 is 11.8 Å². The molecule has 0 spiro atoms. The summed E-state index contributed by atoms with van der Waals surface area (Å²) in [5.41, 5.74) is 0. The normalized spacial score (nSPS) is 12.3. The van der Waals surface area contributed by atoms with Gasteiger partial charge >= 0.3 is 0 Å². The Bertz CT molecular complexity index is 242. The van der Waals surface area contributed by atoms with E-state index in [-0.39, 0.29) is 23.9 Å². The van der Waals surface area contributed by atoms with Crippen molar-refractivity contribution in [1.82, 2.24) is 16.0 Å². The third-order valence-corrected chi connectivity index (χ3v) is 2.20. The van der Waals surface area contributed by atoms with Crippen LogP contribution < -0.4 is 16.0 Å². The van der Waals surface area contributed by atoms with Crippen LogP contribution in [0.3, 0.4) is 0 Å². The maximum atomic E-state index is 11.5. The van der Waals surface area contributed by atoms with Crippen LogP contribution >= 0.6 is 0 Å². The Morgan fingerprint density at radius 2 is 1.76 bits per heavy atom. The first-order chi connectivity index (χ1) is 7.97. The van der Waals surface area contributed by atoms with Crippen molar-refractivity contribution in [1.29, 1.82) is 0 Å². The minimum Gasteiger partial charge on any atom is -0.356 e. The van der Waals surface area contributed by atoms with Crippen LogP contribution in [0.5, 0.6) is 0 Å². The summed E-state index contributed by atoms with van der Waals surface area (Å²) in [6.45, 7) is 8.87. The van der Waals surface area contributed by atoms with Crippen molar-refractivity contribution in [3.8, 4) is 0 Å². The standard InChI is InChI=1S/C12H25N3O2/c1-5-7-14-11(16)6-8-13-10(4)12(17)15-9(2)3/h9-10,13H,5-8H2,1-4H3,(H,14,16)(H,15,17). The molecule has 5 heteroatoms. The minimum atomic E-state index is -0.267. The van der Waals surface area contributed by atoms with Gasteiger partial charge in [-0.05, 0) is 27.2 Å². The molecule has 0 aromatic heterocycles. The van der Waals surface area contributed by atoms with Gasteiger partial charge in [0.05, 0.1) is 6.04 Å². The predicted octanol–water partition coefficient (Wildman–Crippen LogP) is 0.405. The van der Waals surface area contributed by atoms with Crippen LogP contribution in [0.15, 0.2) is 0 Å². The van der Waals surface area contributed by atoms with E-state index < -0.39 is 0 Å². The quantitative estimate of drug-likeness (QED) is 0.578. The third-order valence-electron chi connectivity index (χ3n) is 2.20. The molecule has 1 atom stereocenters. The Balaban J connectivity index is 3.66. The maximum Gasteiger partial charge on any atom is 0.237 e. The summed E-state index contributed by atoms with van der Waals surface area (Å²) < 4.78 is 0. The lowest BCUT2D eigenvalue weighted by atomic mass is 10.2. The Kier molecular flexibility index (Phi) is 8.40. The van der Waals surface area contributed by atoms with Crippen LogP contribution in [0.2, 0.25) is 0 Å². The highest BCUT2D eigenvalue weighted by Crippen LogP contribution is 1.87. The van der Waals surface area contributed by atoms with Gasteiger partial charge in [0.25, 0.3) is 0 Å². The summed E-state index contributed by atoms with van der Waals surface area (Å²) in [6, 6.07) is -0.129. The van der Waals surface area contributed by atoms with Crippen LogP contribution in [0.4, 0.5) is 0 Å². The smallest absolute Gasteiger partial charge is 0.237 e. The van der Waals surface area contributed by atoms with Crippen LogP contribution in [-0.2, 0) is 9.59 Å². The summed E-state index contributed by atoms with van der Waals surface area (Å²) >= 11 is 0. The molecule has 2 amide bonds. The first-order valence-electron chi connectivity index (χ1n) is 6.27. The fraction of sp³-hybridized carbons (Fsp3) is 0.833. The maximum absolute atomic E-state index is 11.5. The fourth-order valence-electron chi connectivity index (χ4n) is 1.26. The number of amides is 2. The molecule has 0 fully saturated rings. The van der Waals surface area contributed by atoms with Gasteiger partial charge in [-0.15, -0.1) is 0 Å². The van der Waals surface area contributed by atoms with Gasteiger partial charge in [-0.2, -0.15) is 0 Å². The summed E-state index contributed by atoms with van der Waals surface area (Å²) in [7, 11) is 0. The fourth-order valence-corrected chi connectivity index (χ4v) is 1.26. The van der Waals surface area contributed by atoms with Gasteiger partial charge in [0, 0.05) is 25.6 Å².